The van der Waals surface area contributed by atoms with E-state index < -0.39 is 5.60 Å². The average Bonchev–Trinajstić information content (AvgIpc) is 2.82. The number of nitrogen functional groups attached to an aromatic ring is 1. The normalized spacial score (nSPS) is 18.7. The lowest BCUT2D eigenvalue weighted by molar-refractivity contribution is 0.0293. The molecule has 0 spiro atoms. The van der Waals surface area contributed by atoms with Gasteiger partial charge in [-0.25, -0.2) is 14.8 Å². The van der Waals surface area contributed by atoms with Gasteiger partial charge in [0.1, 0.15) is 11.9 Å². The van der Waals surface area contributed by atoms with Gasteiger partial charge >= 0.3 is 6.09 Å². The Bertz CT molecular complexity index is 527. The van der Waals surface area contributed by atoms with Gasteiger partial charge in [-0.3, -0.25) is 0 Å². The van der Waals surface area contributed by atoms with Crippen molar-refractivity contribution in [1.82, 2.24) is 14.9 Å². The molecule has 0 saturated carbocycles. The number of amides is 1. The third kappa shape index (κ3) is 3.96. The quantitative estimate of drug-likeness (QED) is 0.863. The first kappa shape index (κ1) is 15.3. The lowest BCUT2D eigenvalue weighted by Gasteiger charge is -2.24. The highest BCUT2D eigenvalue weighted by Gasteiger charge is 2.30. The first-order valence-electron chi connectivity index (χ1n) is 7.08. The molecule has 1 atom stereocenters. The Morgan fingerprint density at radius 3 is 2.86 bits per heavy atom. The van der Waals surface area contributed by atoms with Crippen LogP contribution >= 0.6 is 0 Å². The fourth-order valence-corrected chi connectivity index (χ4v) is 2.16. The molecule has 7 nitrogen and oxygen atoms in total. The van der Waals surface area contributed by atoms with E-state index in [1.807, 2.05) is 27.7 Å². The van der Waals surface area contributed by atoms with Crippen LogP contribution in [0, 0.1) is 6.92 Å². The Morgan fingerprint density at radius 2 is 2.19 bits per heavy atom. The first-order valence-corrected chi connectivity index (χ1v) is 7.08. The number of aromatic nitrogens is 2. The van der Waals surface area contributed by atoms with E-state index in [4.69, 9.17) is 10.5 Å². The number of ether oxygens (including phenoxy) is 1. The number of nitrogens with one attached hydrogen (secondary N) is 1. The second-order valence-corrected chi connectivity index (χ2v) is 6.28. The van der Waals surface area contributed by atoms with Crippen molar-refractivity contribution in [2.45, 2.75) is 45.8 Å². The molecule has 1 saturated heterocycles. The number of hydrogen-bond acceptors (Lipinski definition) is 6. The fourth-order valence-electron chi connectivity index (χ4n) is 2.16. The van der Waals surface area contributed by atoms with E-state index in [-0.39, 0.29) is 12.1 Å². The highest BCUT2D eigenvalue weighted by Crippen LogP contribution is 2.22. The molecule has 1 aliphatic rings. The molecule has 0 unspecified atom stereocenters. The van der Waals surface area contributed by atoms with E-state index in [1.54, 1.807) is 4.90 Å². The second-order valence-electron chi connectivity index (χ2n) is 6.28. The zero-order valence-electron chi connectivity index (χ0n) is 13.0. The smallest absolute Gasteiger partial charge is 0.410 e. The minimum atomic E-state index is -0.475. The number of rotatable bonds is 2. The Labute approximate surface area is 124 Å². The van der Waals surface area contributed by atoms with Crippen LogP contribution in [-0.2, 0) is 4.74 Å². The molecule has 2 rings (SSSR count). The number of nitrogens with two attached hydrogens (primary N) is 1. The number of likely N-dealkylation sites (tertiary alicyclic amines) is 1. The molecule has 7 heteroatoms. The van der Waals surface area contributed by atoms with Crippen LogP contribution in [0.1, 0.15) is 32.9 Å². The van der Waals surface area contributed by atoms with Crippen molar-refractivity contribution in [3.63, 3.8) is 0 Å². The van der Waals surface area contributed by atoms with Crippen molar-refractivity contribution in [3.05, 3.63) is 12.0 Å². The molecule has 1 amide bonds. The molecule has 21 heavy (non-hydrogen) atoms. The van der Waals surface area contributed by atoms with Crippen LogP contribution in [0.15, 0.2) is 6.33 Å². The minimum absolute atomic E-state index is 0.120. The van der Waals surface area contributed by atoms with Crippen molar-refractivity contribution in [1.29, 1.82) is 0 Å². The van der Waals surface area contributed by atoms with Crippen LogP contribution in [0.3, 0.4) is 0 Å². The molecule has 2 heterocycles. The SMILES string of the molecule is Cc1ncnc(N[C@@H]2CCN(C(=O)OC(C)(C)C)C2)c1N. The van der Waals surface area contributed by atoms with Crippen molar-refractivity contribution in [2.75, 3.05) is 24.1 Å². The molecule has 3 N–H and O–H groups in total. The van der Waals surface area contributed by atoms with Gasteiger partial charge in [-0.2, -0.15) is 0 Å². The molecule has 1 aromatic heterocycles. The summed E-state index contributed by atoms with van der Waals surface area (Å²) in [7, 11) is 0. The Morgan fingerprint density at radius 1 is 1.48 bits per heavy atom. The molecule has 116 valence electrons. The summed E-state index contributed by atoms with van der Waals surface area (Å²) in [5.74, 6) is 0.624. The maximum atomic E-state index is 12.0. The Hall–Kier alpha value is -2.05. The third-order valence-electron chi connectivity index (χ3n) is 3.26. The van der Waals surface area contributed by atoms with Gasteiger partial charge in [-0.1, -0.05) is 0 Å². The summed E-state index contributed by atoms with van der Waals surface area (Å²) < 4.78 is 5.37. The molecule has 1 aliphatic heterocycles. The average molecular weight is 293 g/mol. The van der Waals surface area contributed by atoms with E-state index in [0.717, 1.165) is 12.1 Å². The molecule has 1 aromatic rings. The number of aryl methyl sites for hydroxylation is 1. The molecule has 0 aliphatic carbocycles. The highest BCUT2D eigenvalue weighted by atomic mass is 16.6. The molecule has 1 fully saturated rings. The number of hydrogen-bond donors (Lipinski definition) is 2. The largest absolute Gasteiger partial charge is 0.444 e. The van der Waals surface area contributed by atoms with Crippen LogP contribution in [0.5, 0.6) is 0 Å². The van der Waals surface area contributed by atoms with Crippen molar-refractivity contribution in [2.24, 2.45) is 0 Å². The highest BCUT2D eigenvalue weighted by molar-refractivity contribution is 5.69. The fraction of sp³-hybridized carbons (Fsp3) is 0.643. The van der Waals surface area contributed by atoms with E-state index in [2.05, 4.69) is 15.3 Å². The molecule has 0 aromatic carbocycles. The van der Waals surface area contributed by atoms with Gasteiger partial charge < -0.3 is 20.7 Å². The number of nitrogens with zero attached hydrogens (tertiary/aromatic N) is 3. The van der Waals surface area contributed by atoms with E-state index in [1.165, 1.54) is 6.33 Å². The maximum Gasteiger partial charge on any atom is 0.410 e. The van der Waals surface area contributed by atoms with Gasteiger partial charge in [-0.05, 0) is 34.1 Å². The van der Waals surface area contributed by atoms with Gasteiger partial charge in [0.05, 0.1) is 11.4 Å². The van der Waals surface area contributed by atoms with E-state index >= 15 is 0 Å². The summed E-state index contributed by atoms with van der Waals surface area (Å²) >= 11 is 0. The zero-order valence-corrected chi connectivity index (χ0v) is 13.0. The summed E-state index contributed by atoms with van der Waals surface area (Å²) in [5.41, 5.74) is 6.76. The van der Waals surface area contributed by atoms with E-state index in [0.29, 0.717) is 24.6 Å². The number of carbonyl (C=O) groups excluding carboxylic acids is 1. The van der Waals surface area contributed by atoms with Gasteiger partial charge in [-0.15, -0.1) is 0 Å². The first-order chi connectivity index (χ1) is 9.76. The topological polar surface area (TPSA) is 93.4 Å². The van der Waals surface area contributed by atoms with Gasteiger partial charge in [0.15, 0.2) is 5.82 Å². The van der Waals surface area contributed by atoms with Crippen molar-refractivity contribution in [3.8, 4) is 0 Å². The summed E-state index contributed by atoms with van der Waals surface area (Å²) in [6.07, 6.45) is 2.04. The summed E-state index contributed by atoms with van der Waals surface area (Å²) in [6.45, 7) is 8.67. The van der Waals surface area contributed by atoms with Crippen LogP contribution < -0.4 is 11.1 Å². The van der Waals surface area contributed by atoms with Crippen LogP contribution in [-0.4, -0.2) is 45.7 Å². The lowest BCUT2D eigenvalue weighted by atomic mass is 10.2. The third-order valence-corrected chi connectivity index (χ3v) is 3.26. The van der Waals surface area contributed by atoms with E-state index in [9.17, 15) is 4.79 Å². The molecular weight excluding hydrogens is 270 g/mol. The van der Waals surface area contributed by atoms with Crippen molar-refractivity contribution < 1.29 is 9.53 Å². The van der Waals surface area contributed by atoms with Gasteiger partial charge in [0.25, 0.3) is 0 Å². The number of anilines is 2. The standard InChI is InChI=1S/C14H23N5O2/c1-9-11(15)12(17-8-16-9)18-10-5-6-19(7-10)13(20)21-14(2,3)4/h8,10H,5-7,15H2,1-4H3,(H,16,17,18)/t10-/m1/s1. The maximum absolute atomic E-state index is 12.0. The number of carbonyl (C=O) groups is 1. The lowest BCUT2D eigenvalue weighted by Crippen LogP contribution is -2.36. The Balaban J connectivity index is 1.94. The Kier molecular flexibility index (Phi) is 4.20. The zero-order chi connectivity index (χ0) is 15.6. The monoisotopic (exact) mass is 293 g/mol. The molecule has 0 bridgehead atoms. The second kappa shape index (κ2) is 5.75. The summed E-state index contributed by atoms with van der Waals surface area (Å²) in [5, 5.41) is 3.27. The predicted molar refractivity (Wildman–Crippen MR) is 81.0 cm³/mol. The van der Waals surface area contributed by atoms with Crippen LogP contribution in [0.25, 0.3) is 0 Å². The predicted octanol–water partition coefficient (Wildman–Crippen LogP) is 1.79. The van der Waals surface area contributed by atoms with Crippen LogP contribution in [0.2, 0.25) is 0 Å². The minimum Gasteiger partial charge on any atom is -0.444 e. The summed E-state index contributed by atoms with van der Waals surface area (Å²) in [6, 6.07) is 0.120. The van der Waals surface area contributed by atoms with Gasteiger partial charge in [0, 0.05) is 19.1 Å². The van der Waals surface area contributed by atoms with Crippen LogP contribution in [0.4, 0.5) is 16.3 Å². The van der Waals surface area contributed by atoms with Gasteiger partial charge in [0.2, 0.25) is 0 Å². The van der Waals surface area contributed by atoms with Crippen molar-refractivity contribution >= 4 is 17.6 Å². The molecular formula is C14H23N5O2. The summed E-state index contributed by atoms with van der Waals surface area (Å²) in [4.78, 5) is 21.9. The molecule has 0 radical (unpaired) electrons.